The zero-order chi connectivity index (χ0) is 15.5. The van der Waals surface area contributed by atoms with Crippen LogP contribution in [0, 0.1) is 0 Å². The molecule has 0 amide bonds. The summed E-state index contributed by atoms with van der Waals surface area (Å²) in [5, 5.41) is 3.81. The summed E-state index contributed by atoms with van der Waals surface area (Å²) in [4.78, 5) is 16.3. The van der Waals surface area contributed by atoms with Gasteiger partial charge in [-0.3, -0.25) is 4.79 Å². The molecule has 0 saturated carbocycles. The second kappa shape index (κ2) is 5.95. The molecule has 0 atom stereocenters. The predicted molar refractivity (Wildman–Crippen MR) is 71.6 cm³/mol. The normalized spacial score (nSPS) is 17.0. The molecule has 0 bridgehead atoms. The molecule has 1 aromatic carbocycles. The summed E-state index contributed by atoms with van der Waals surface area (Å²) in [5.41, 5.74) is 0.905. The Bertz CT molecular complexity index is 625. The van der Waals surface area contributed by atoms with Gasteiger partial charge in [0.1, 0.15) is 12.3 Å². The first-order valence-corrected chi connectivity index (χ1v) is 6.13. The molecule has 1 aliphatic carbocycles. The van der Waals surface area contributed by atoms with Crippen LogP contribution < -0.4 is 0 Å². The van der Waals surface area contributed by atoms with Crippen LogP contribution in [0.25, 0.3) is 0 Å². The third-order valence-electron chi connectivity index (χ3n) is 2.84. The summed E-state index contributed by atoms with van der Waals surface area (Å²) in [6.07, 6.45) is 0.133. The van der Waals surface area contributed by atoms with Gasteiger partial charge in [-0.1, -0.05) is 17.3 Å². The van der Waals surface area contributed by atoms with Gasteiger partial charge in [0.2, 0.25) is 0 Å². The molecule has 2 rings (SSSR count). The van der Waals surface area contributed by atoms with Crippen molar-refractivity contribution in [2.24, 2.45) is 5.16 Å². The molecule has 0 fully saturated rings. The van der Waals surface area contributed by atoms with E-state index in [1.807, 2.05) is 0 Å². The maximum atomic E-state index is 12.4. The van der Waals surface area contributed by atoms with Crippen molar-refractivity contribution in [3.63, 3.8) is 0 Å². The van der Waals surface area contributed by atoms with Crippen LogP contribution in [0.15, 0.2) is 53.2 Å². The number of alkyl halides is 3. The molecule has 0 saturated heterocycles. The lowest BCUT2D eigenvalue weighted by atomic mass is 10.1. The first-order chi connectivity index (χ1) is 9.86. The van der Waals surface area contributed by atoms with Crippen molar-refractivity contribution in [1.29, 1.82) is 0 Å². The van der Waals surface area contributed by atoms with E-state index in [1.165, 1.54) is 24.3 Å². The molecule has 0 aliphatic heterocycles. The van der Waals surface area contributed by atoms with Crippen LogP contribution in [-0.2, 0) is 22.4 Å². The summed E-state index contributed by atoms with van der Waals surface area (Å²) in [7, 11) is 0. The molecule has 3 nitrogen and oxygen atoms in total. The van der Waals surface area contributed by atoms with Crippen molar-refractivity contribution in [2.75, 3.05) is 0 Å². The van der Waals surface area contributed by atoms with Crippen molar-refractivity contribution < 1.29 is 22.8 Å². The van der Waals surface area contributed by atoms with E-state index in [-0.39, 0.29) is 12.4 Å². The smallest absolute Gasteiger partial charge is 0.390 e. The number of halogens is 3. The number of rotatable bonds is 3. The first-order valence-electron chi connectivity index (χ1n) is 6.13. The maximum Gasteiger partial charge on any atom is 0.416 e. The highest BCUT2D eigenvalue weighted by Gasteiger charge is 2.29. The van der Waals surface area contributed by atoms with E-state index in [0.717, 1.165) is 12.1 Å². The fourth-order valence-corrected chi connectivity index (χ4v) is 1.66. The Kier molecular flexibility index (Phi) is 4.26. The first kappa shape index (κ1) is 15.0. The Hall–Kier alpha value is -2.37. The van der Waals surface area contributed by atoms with Gasteiger partial charge in [0.15, 0.2) is 5.78 Å². The van der Waals surface area contributed by atoms with Crippen LogP contribution in [0.1, 0.15) is 18.1 Å². The zero-order valence-corrected chi connectivity index (χ0v) is 11.1. The predicted octanol–water partition coefficient (Wildman–Crippen LogP) is 3.66. The molecule has 1 aromatic rings. The number of carbonyl (C=O) groups is 1. The van der Waals surface area contributed by atoms with Gasteiger partial charge < -0.3 is 4.84 Å². The molecule has 0 spiro atoms. The molecule has 21 heavy (non-hydrogen) atoms. The highest BCUT2D eigenvalue weighted by molar-refractivity contribution is 6.18. The summed E-state index contributed by atoms with van der Waals surface area (Å²) in [6, 6.07) is 4.67. The quantitative estimate of drug-likeness (QED) is 0.630. The molecule has 1 aliphatic rings. The van der Waals surface area contributed by atoms with E-state index in [1.54, 1.807) is 13.0 Å². The average Bonchev–Trinajstić information content (AvgIpc) is 2.42. The van der Waals surface area contributed by atoms with Crippen LogP contribution in [0.3, 0.4) is 0 Å². The number of nitrogens with zero attached hydrogens (tertiary/aromatic N) is 1. The van der Waals surface area contributed by atoms with Gasteiger partial charge in [0.25, 0.3) is 0 Å². The average molecular weight is 295 g/mol. The van der Waals surface area contributed by atoms with Gasteiger partial charge in [-0.2, -0.15) is 13.2 Å². The highest BCUT2D eigenvalue weighted by Crippen LogP contribution is 2.29. The lowest BCUT2D eigenvalue weighted by Crippen LogP contribution is -2.06. The number of benzene rings is 1. The van der Waals surface area contributed by atoms with Crippen molar-refractivity contribution in [1.82, 2.24) is 0 Å². The van der Waals surface area contributed by atoms with E-state index in [0.29, 0.717) is 16.8 Å². The molecule has 0 radical (unpaired) electrons. The maximum absolute atomic E-state index is 12.4. The monoisotopic (exact) mass is 295 g/mol. The van der Waals surface area contributed by atoms with Gasteiger partial charge >= 0.3 is 6.18 Å². The number of carbonyl (C=O) groups excluding carboxylic acids is 1. The second-order valence-corrected chi connectivity index (χ2v) is 4.51. The van der Waals surface area contributed by atoms with E-state index in [9.17, 15) is 18.0 Å². The minimum absolute atomic E-state index is 0.0519. The number of allylic oxidation sites excluding steroid dienone is 4. The van der Waals surface area contributed by atoms with Gasteiger partial charge in [0.05, 0.1) is 5.56 Å². The SMILES string of the molecule is CC1=CC(=NOCc2ccc(C(F)(F)F)cc2)C=CC1=O. The summed E-state index contributed by atoms with van der Waals surface area (Å²) < 4.78 is 37.2. The lowest BCUT2D eigenvalue weighted by molar-refractivity contribution is -0.137. The third-order valence-corrected chi connectivity index (χ3v) is 2.84. The van der Waals surface area contributed by atoms with Crippen LogP contribution >= 0.6 is 0 Å². The minimum atomic E-state index is -4.35. The largest absolute Gasteiger partial charge is 0.416 e. The minimum Gasteiger partial charge on any atom is -0.390 e. The fraction of sp³-hybridized carbons (Fsp3) is 0.200. The van der Waals surface area contributed by atoms with Crippen LogP contribution in [-0.4, -0.2) is 11.5 Å². The standard InChI is InChI=1S/C15H12F3NO2/c1-10-8-13(6-7-14(10)20)19-21-9-11-2-4-12(5-3-11)15(16,17)18/h2-8H,9H2,1H3. The van der Waals surface area contributed by atoms with Gasteiger partial charge in [-0.15, -0.1) is 0 Å². The van der Waals surface area contributed by atoms with E-state index < -0.39 is 11.7 Å². The summed E-state index contributed by atoms with van der Waals surface area (Å²) >= 11 is 0. The molecule has 0 unspecified atom stereocenters. The number of hydrogen-bond donors (Lipinski definition) is 0. The zero-order valence-electron chi connectivity index (χ0n) is 11.1. The molecular weight excluding hydrogens is 283 g/mol. The van der Waals surface area contributed by atoms with Crippen molar-refractivity contribution in [3.05, 3.63) is 59.2 Å². The van der Waals surface area contributed by atoms with Crippen molar-refractivity contribution >= 4 is 11.5 Å². The Morgan fingerprint density at radius 3 is 2.38 bits per heavy atom. The topological polar surface area (TPSA) is 38.7 Å². The summed E-state index contributed by atoms with van der Waals surface area (Å²) in [5.74, 6) is -0.0864. The van der Waals surface area contributed by atoms with Gasteiger partial charge in [-0.05, 0) is 48.4 Å². The van der Waals surface area contributed by atoms with Gasteiger partial charge in [-0.25, -0.2) is 0 Å². The number of oxime groups is 1. The summed E-state index contributed by atoms with van der Waals surface area (Å²) in [6.45, 7) is 1.72. The fourth-order valence-electron chi connectivity index (χ4n) is 1.66. The Labute approximate surface area is 119 Å². The van der Waals surface area contributed by atoms with Crippen LogP contribution in [0.4, 0.5) is 13.2 Å². The Morgan fingerprint density at radius 1 is 1.14 bits per heavy atom. The van der Waals surface area contributed by atoms with Crippen LogP contribution in [0.2, 0.25) is 0 Å². The van der Waals surface area contributed by atoms with E-state index in [4.69, 9.17) is 4.84 Å². The molecule has 0 aromatic heterocycles. The molecular formula is C15H12F3NO2. The highest BCUT2D eigenvalue weighted by atomic mass is 19.4. The third kappa shape index (κ3) is 4.05. The lowest BCUT2D eigenvalue weighted by Gasteiger charge is -2.07. The number of ketones is 1. The second-order valence-electron chi connectivity index (χ2n) is 4.51. The van der Waals surface area contributed by atoms with Crippen molar-refractivity contribution in [3.8, 4) is 0 Å². The molecule has 110 valence electrons. The Morgan fingerprint density at radius 2 is 1.81 bits per heavy atom. The van der Waals surface area contributed by atoms with E-state index >= 15 is 0 Å². The molecule has 0 N–H and O–H groups in total. The molecule has 6 heteroatoms. The Balaban J connectivity index is 1.95. The van der Waals surface area contributed by atoms with Gasteiger partial charge in [0, 0.05) is 0 Å². The van der Waals surface area contributed by atoms with Crippen LogP contribution in [0.5, 0.6) is 0 Å². The number of hydrogen-bond acceptors (Lipinski definition) is 3. The van der Waals surface area contributed by atoms with E-state index in [2.05, 4.69) is 5.16 Å². The van der Waals surface area contributed by atoms with Crippen molar-refractivity contribution in [2.45, 2.75) is 19.7 Å². The molecule has 0 heterocycles.